The summed E-state index contributed by atoms with van der Waals surface area (Å²) in [7, 11) is 0. The van der Waals surface area contributed by atoms with E-state index in [-0.39, 0.29) is 51.8 Å². The van der Waals surface area contributed by atoms with Crippen molar-refractivity contribution in [3.8, 4) is 6.07 Å². The molecule has 0 radical (unpaired) electrons. The highest BCUT2D eigenvalue weighted by Crippen LogP contribution is 2.68. The van der Waals surface area contributed by atoms with Gasteiger partial charge in [-0.05, 0) is 97.2 Å². The van der Waals surface area contributed by atoms with Crippen molar-refractivity contribution in [2.45, 2.75) is 120 Å². The van der Waals surface area contributed by atoms with Gasteiger partial charge in [0.15, 0.2) is 5.78 Å². The van der Waals surface area contributed by atoms with Crippen molar-refractivity contribution in [1.29, 1.82) is 5.26 Å². The van der Waals surface area contributed by atoms with Crippen LogP contribution < -0.4 is 0 Å². The first-order chi connectivity index (χ1) is 16.4. The maximum absolute atomic E-state index is 13.2. The smallest absolute Gasteiger partial charge is 0.178 e. The number of carbonyl (C=O) groups is 2. The Morgan fingerprint density at radius 3 is 2.17 bits per heavy atom. The van der Waals surface area contributed by atoms with Crippen molar-refractivity contribution in [2.75, 3.05) is 6.61 Å². The summed E-state index contributed by atoms with van der Waals surface area (Å²) in [6, 6.07) is 2.19. The molecule has 36 heavy (non-hydrogen) atoms. The lowest BCUT2D eigenvalue weighted by Crippen LogP contribution is -2.60. The van der Waals surface area contributed by atoms with Gasteiger partial charge in [0.1, 0.15) is 11.9 Å². The zero-order valence-corrected chi connectivity index (χ0v) is 24.5. The van der Waals surface area contributed by atoms with Gasteiger partial charge in [0.05, 0.1) is 5.57 Å². The SMILES string of the molecule is CC(=O)C[C@@H]1[C@@]2(C)C=C(C#N)C(=O)C(C)(C)C2CC[C@@]1(C)C(C)(C)CCC1(CO)CCC(C)(C)CC1. The minimum absolute atomic E-state index is 0.00649. The first-order valence-electron chi connectivity index (χ1n) is 14.2. The molecule has 4 atom stereocenters. The van der Waals surface area contributed by atoms with Gasteiger partial charge in [0.2, 0.25) is 0 Å². The van der Waals surface area contributed by atoms with Crippen LogP contribution in [0.2, 0.25) is 0 Å². The fraction of sp³-hybridized carbons (Fsp3) is 0.844. The average molecular weight is 498 g/mol. The second-order valence-corrected chi connectivity index (χ2v) is 15.3. The van der Waals surface area contributed by atoms with Gasteiger partial charge in [0, 0.05) is 18.4 Å². The lowest BCUT2D eigenvalue weighted by atomic mass is 9.39. The molecular weight excluding hydrogens is 446 g/mol. The summed E-state index contributed by atoms with van der Waals surface area (Å²) < 4.78 is 0. The van der Waals surface area contributed by atoms with Gasteiger partial charge in [-0.15, -0.1) is 0 Å². The Labute approximate surface area is 220 Å². The van der Waals surface area contributed by atoms with E-state index in [0.717, 1.165) is 51.4 Å². The lowest BCUT2D eigenvalue weighted by molar-refractivity contribution is -0.156. The summed E-state index contributed by atoms with van der Waals surface area (Å²) >= 11 is 0. The van der Waals surface area contributed by atoms with E-state index in [1.807, 2.05) is 19.9 Å². The average Bonchev–Trinajstić information content (AvgIpc) is 2.78. The van der Waals surface area contributed by atoms with Gasteiger partial charge in [-0.2, -0.15) is 5.26 Å². The topological polar surface area (TPSA) is 78.2 Å². The Hall–Kier alpha value is -1.47. The maximum atomic E-state index is 13.2. The molecule has 3 aliphatic carbocycles. The van der Waals surface area contributed by atoms with Crippen LogP contribution in [0.1, 0.15) is 120 Å². The van der Waals surface area contributed by atoms with Gasteiger partial charge in [-0.3, -0.25) is 4.79 Å². The number of aliphatic hydroxyl groups is 1. The molecule has 0 aromatic heterocycles. The number of ketones is 2. The molecule has 0 bridgehead atoms. The molecular formula is C32H51NO3. The van der Waals surface area contributed by atoms with E-state index >= 15 is 0 Å². The molecule has 0 aliphatic heterocycles. The molecule has 2 saturated carbocycles. The van der Waals surface area contributed by atoms with Crippen LogP contribution in [0.5, 0.6) is 0 Å². The molecule has 1 N–H and O–H groups in total. The normalized spacial score (nSPS) is 35.4. The molecule has 0 heterocycles. The number of nitrogens with zero attached hydrogens (tertiary/aromatic N) is 1. The summed E-state index contributed by atoms with van der Waals surface area (Å²) in [6.45, 7) is 19.9. The predicted octanol–water partition coefficient (Wildman–Crippen LogP) is 7.45. The Balaban J connectivity index is 1.99. The van der Waals surface area contributed by atoms with E-state index in [9.17, 15) is 20.0 Å². The van der Waals surface area contributed by atoms with Crippen molar-refractivity contribution < 1.29 is 14.7 Å². The van der Waals surface area contributed by atoms with E-state index in [2.05, 4.69) is 47.6 Å². The summed E-state index contributed by atoms with van der Waals surface area (Å²) in [5.41, 5.74) is -0.612. The van der Waals surface area contributed by atoms with E-state index in [4.69, 9.17) is 0 Å². The Morgan fingerprint density at radius 2 is 1.67 bits per heavy atom. The number of rotatable bonds is 7. The number of nitriles is 1. The second-order valence-electron chi connectivity index (χ2n) is 15.3. The summed E-state index contributed by atoms with van der Waals surface area (Å²) in [5, 5.41) is 20.3. The number of hydrogen-bond acceptors (Lipinski definition) is 4. The molecule has 4 nitrogen and oxygen atoms in total. The standard InChI is InChI=1S/C32H51NO3/c1-22(35)18-25-30(8)19-23(20-33)26(36)29(6,7)24(30)10-11-31(25,9)28(4,5)14-17-32(21-34)15-12-27(2,3)13-16-32/h19,24-25,34H,10-18,21H2,1-9H3/t24?,25-,30+,31-/m1/s1. The third-order valence-corrected chi connectivity index (χ3v) is 11.8. The summed E-state index contributed by atoms with van der Waals surface area (Å²) in [5.74, 6) is 0.267. The Kier molecular flexibility index (Phi) is 7.57. The predicted molar refractivity (Wildman–Crippen MR) is 145 cm³/mol. The zero-order chi connectivity index (χ0) is 27.4. The van der Waals surface area contributed by atoms with E-state index in [1.54, 1.807) is 6.92 Å². The van der Waals surface area contributed by atoms with E-state index in [0.29, 0.717) is 11.8 Å². The highest BCUT2D eigenvalue weighted by molar-refractivity contribution is 6.04. The van der Waals surface area contributed by atoms with Crippen molar-refractivity contribution in [1.82, 2.24) is 0 Å². The maximum Gasteiger partial charge on any atom is 0.178 e. The Bertz CT molecular complexity index is 954. The number of hydrogen-bond donors (Lipinski definition) is 1. The van der Waals surface area contributed by atoms with Crippen LogP contribution in [0.25, 0.3) is 0 Å². The number of aliphatic hydroxyl groups excluding tert-OH is 1. The van der Waals surface area contributed by atoms with Gasteiger partial charge >= 0.3 is 0 Å². The molecule has 4 heteroatoms. The van der Waals surface area contributed by atoms with Crippen molar-refractivity contribution in [3.63, 3.8) is 0 Å². The first-order valence-corrected chi connectivity index (χ1v) is 14.2. The number of carbonyl (C=O) groups excluding carboxylic acids is 2. The highest BCUT2D eigenvalue weighted by atomic mass is 16.3. The van der Waals surface area contributed by atoms with Crippen molar-refractivity contribution >= 4 is 11.6 Å². The minimum atomic E-state index is -0.620. The molecule has 0 amide bonds. The van der Waals surface area contributed by atoms with E-state index in [1.165, 1.54) is 0 Å². The van der Waals surface area contributed by atoms with Crippen molar-refractivity contribution in [3.05, 3.63) is 11.6 Å². The summed E-state index contributed by atoms with van der Waals surface area (Å²) in [6.07, 6.45) is 10.7. The molecule has 2 fully saturated rings. The molecule has 3 aliphatic rings. The third-order valence-electron chi connectivity index (χ3n) is 11.8. The molecule has 202 valence electrons. The number of fused-ring (bicyclic) bond motifs is 1. The minimum Gasteiger partial charge on any atom is -0.396 e. The fourth-order valence-electron chi connectivity index (χ4n) is 8.51. The van der Waals surface area contributed by atoms with Crippen LogP contribution >= 0.6 is 0 Å². The lowest BCUT2D eigenvalue weighted by Gasteiger charge is -2.64. The highest BCUT2D eigenvalue weighted by Gasteiger charge is 2.63. The van der Waals surface area contributed by atoms with Crippen LogP contribution in [-0.2, 0) is 9.59 Å². The molecule has 1 unspecified atom stereocenters. The molecule has 3 rings (SSSR count). The first kappa shape index (κ1) is 29.1. The summed E-state index contributed by atoms with van der Waals surface area (Å²) in [4.78, 5) is 25.9. The number of allylic oxidation sites excluding steroid dienone is 2. The second kappa shape index (κ2) is 9.37. The van der Waals surface area contributed by atoms with Crippen LogP contribution in [-0.4, -0.2) is 23.3 Å². The van der Waals surface area contributed by atoms with E-state index < -0.39 is 10.8 Å². The van der Waals surface area contributed by atoms with Gasteiger partial charge in [-0.1, -0.05) is 61.5 Å². The monoisotopic (exact) mass is 497 g/mol. The van der Waals surface area contributed by atoms with Crippen LogP contribution in [0.3, 0.4) is 0 Å². The zero-order valence-electron chi connectivity index (χ0n) is 24.5. The fourth-order valence-corrected chi connectivity index (χ4v) is 8.51. The van der Waals surface area contributed by atoms with Crippen LogP contribution in [0.4, 0.5) is 0 Å². The van der Waals surface area contributed by atoms with Gasteiger partial charge in [0.25, 0.3) is 0 Å². The molecule has 0 aromatic rings. The Morgan fingerprint density at radius 1 is 1.08 bits per heavy atom. The number of Topliss-reactive ketones (excluding diaryl/α,β-unsaturated/α-hetero) is 2. The molecule has 0 saturated heterocycles. The van der Waals surface area contributed by atoms with Crippen LogP contribution in [0, 0.1) is 55.7 Å². The van der Waals surface area contributed by atoms with Crippen LogP contribution in [0.15, 0.2) is 11.6 Å². The van der Waals surface area contributed by atoms with Gasteiger partial charge in [-0.25, -0.2) is 0 Å². The quantitative estimate of drug-likeness (QED) is 0.396. The van der Waals surface area contributed by atoms with Crippen molar-refractivity contribution in [2.24, 2.45) is 44.3 Å². The molecule has 0 spiro atoms. The largest absolute Gasteiger partial charge is 0.396 e. The third kappa shape index (κ3) is 4.75. The van der Waals surface area contributed by atoms with Gasteiger partial charge < -0.3 is 9.90 Å². The molecule has 0 aromatic carbocycles.